The molecule has 2 aliphatic rings. The van der Waals surface area contributed by atoms with Gasteiger partial charge in [-0.25, -0.2) is 0 Å². The molecule has 2 heterocycles. The van der Waals surface area contributed by atoms with Crippen LogP contribution in [0.3, 0.4) is 0 Å². The predicted octanol–water partition coefficient (Wildman–Crippen LogP) is 3.51. The lowest BCUT2D eigenvalue weighted by Crippen LogP contribution is -2.54. The Morgan fingerprint density at radius 2 is 1.70 bits per heavy atom. The van der Waals surface area contributed by atoms with Crippen molar-refractivity contribution >= 4 is 0 Å². The number of aliphatic hydroxyl groups is 1. The quantitative estimate of drug-likeness (QED) is 0.678. The van der Waals surface area contributed by atoms with Gasteiger partial charge in [-0.1, -0.05) is 48.5 Å². The summed E-state index contributed by atoms with van der Waals surface area (Å²) in [6, 6.07) is 18.2. The molecule has 1 N–H and O–H groups in total. The molecule has 3 unspecified atom stereocenters. The van der Waals surface area contributed by atoms with Crippen LogP contribution >= 0.6 is 0 Å². The molecule has 3 atom stereocenters. The summed E-state index contributed by atoms with van der Waals surface area (Å²) in [5, 5.41) is 10.7. The van der Waals surface area contributed by atoms with Crippen LogP contribution in [0.4, 0.5) is 0 Å². The molecule has 160 valence electrons. The molecule has 5 nitrogen and oxygen atoms in total. The first kappa shape index (κ1) is 20.9. The van der Waals surface area contributed by atoms with Gasteiger partial charge < -0.3 is 19.5 Å². The topological polar surface area (TPSA) is 45.2 Å². The molecular formula is C25H32N2O3. The second-order valence-corrected chi connectivity index (χ2v) is 8.11. The van der Waals surface area contributed by atoms with E-state index in [2.05, 4.69) is 28.5 Å². The zero-order chi connectivity index (χ0) is 20.8. The number of para-hydroxylation sites is 2. The van der Waals surface area contributed by atoms with Gasteiger partial charge in [-0.2, -0.15) is 0 Å². The summed E-state index contributed by atoms with van der Waals surface area (Å²) in [5.41, 5.74) is 1.21. The first-order valence-electron chi connectivity index (χ1n) is 10.9. The summed E-state index contributed by atoms with van der Waals surface area (Å²) in [6.45, 7) is 9.27. The van der Waals surface area contributed by atoms with Crippen molar-refractivity contribution in [2.75, 3.05) is 39.3 Å². The minimum Gasteiger partial charge on any atom is -0.484 e. The Morgan fingerprint density at radius 3 is 2.43 bits per heavy atom. The molecule has 0 aliphatic carbocycles. The molecule has 2 aromatic rings. The van der Waals surface area contributed by atoms with E-state index in [9.17, 15) is 5.11 Å². The Balaban J connectivity index is 1.28. The lowest BCUT2D eigenvalue weighted by atomic mass is 9.88. The Bertz CT molecular complexity index is 805. The first-order valence-corrected chi connectivity index (χ1v) is 10.9. The van der Waals surface area contributed by atoms with Gasteiger partial charge in [0.25, 0.3) is 0 Å². The molecule has 0 bridgehead atoms. The minimum atomic E-state index is -0.390. The van der Waals surface area contributed by atoms with Crippen LogP contribution in [0.25, 0.3) is 0 Å². The minimum absolute atomic E-state index is 0.0199. The highest BCUT2D eigenvalue weighted by Gasteiger charge is 2.30. The first-order chi connectivity index (χ1) is 14.7. The maximum absolute atomic E-state index is 10.7. The molecule has 0 aromatic heterocycles. The Hall–Kier alpha value is -2.34. The standard InChI is InChI=1S/C25H32N2O3/c1-2-8-22(28)21(20-9-4-3-5-10-20)13-14-26-15-17-27(18-16-26)25-19-29-23-11-6-7-12-24(23)30-25/h2-7,9-12,21-22,25,28H,1,8,13-19H2. The van der Waals surface area contributed by atoms with E-state index in [-0.39, 0.29) is 18.2 Å². The van der Waals surface area contributed by atoms with Crippen LogP contribution in [0.5, 0.6) is 11.5 Å². The van der Waals surface area contributed by atoms with Gasteiger partial charge >= 0.3 is 0 Å². The summed E-state index contributed by atoms with van der Waals surface area (Å²) in [4.78, 5) is 4.86. The molecule has 1 saturated heterocycles. The third-order valence-corrected chi connectivity index (χ3v) is 6.16. The number of nitrogens with zero attached hydrogens (tertiary/aromatic N) is 2. The molecule has 4 rings (SSSR count). The van der Waals surface area contributed by atoms with Gasteiger partial charge in [0.05, 0.1) is 6.10 Å². The van der Waals surface area contributed by atoms with E-state index in [1.54, 1.807) is 0 Å². The fraction of sp³-hybridized carbons (Fsp3) is 0.440. The fourth-order valence-corrected chi connectivity index (χ4v) is 4.40. The van der Waals surface area contributed by atoms with Crippen LogP contribution in [0.2, 0.25) is 0 Å². The average molecular weight is 409 g/mol. The normalized spacial score (nSPS) is 21.7. The molecule has 0 radical (unpaired) electrons. The highest BCUT2D eigenvalue weighted by Crippen LogP contribution is 2.32. The van der Waals surface area contributed by atoms with E-state index < -0.39 is 0 Å². The van der Waals surface area contributed by atoms with Gasteiger partial charge in [0, 0.05) is 32.1 Å². The van der Waals surface area contributed by atoms with E-state index in [4.69, 9.17) is 9.47 Å². The molecule has 0 amide bonds. The highest BCUT2D eigenvalue weighted by atomic mass is 16.6. The molecule has 5 heteroatoms. The molecule has 30 heavy (non-hydrogen) atoms. The molecular weight excluding hydrogens is 376 g/mol. The number of rotatable bonds is 8. The van der Waals surface area contributed by atoms with Crippen molar-refractivity contribution in [1.82, 2.24) is 9.80 Å². The van der Waals surface area contributed by atoms with Crippen molar-refractivity contribution in [3.05, 3.63) is 72.8 Å². The van der Waals surface area contributed by atoms with Crippen LogP contribution < -0.4 is 9.47 Å². The maximum atomic E-state index is 10.7. The fourth-order valence-electron chi connectivity index (χ4n) is 4.40. The second-order valence-electron chi connectivity index (χ2n) is 8.11. The van der Waals surface area contributed by atoms with E-state index in [1.165, 1.54) is 5.56 Å². The van der Waals surface area contributed by atoms with Crippen molar-refractivity contribution in [2.45, 2.75) is 31.1 Å². The molecule has 1 fully saturated rings. The van der Waals surface area contributed by atoms with E-state index in [1.807, 2.05) is 48.5 Å². The Kier molecular flexibility index (Phi) is 7.05. The summed E-state index contributed by atoms with van der Waals surface area (Å²) in [5.74, 6) is 1.80. The highest BCUT2D eigenvalue weighted by molar-refractivity contribution is 5.40. The number of hydrogen-bond donors (Lipinski definition) is 1. The lowest BCUT2D eigenvalue weighted by molar-refractivity contribution is -0.0497. The summed E-state index contributed by atoms with van der Waals surface area (Å²) in [7, 11) is 0. The van der Waals surface area contributed by atoms with Crippen molar-refractivity contribution in [3.8, 4) is 11.5 Å². The van der Waals surface area contributed by atoms with Gasteiger partial charge in [0.2, 0.25) is 0 Å². The second kappa shape index (κ2) is 10.1. The van der Waals surface area contributed by atoms with Crippen molar-refractivity contribution in [2.24, 2.45) is 0 Å². The third kappa shape index (κ3) is 5.04. The summed E-state index contributed by atoms with van der Waals surface area (Å²) >= 11 is 0. The zero-order valence-electron chi connectivity index (χ0n) is 17.5. The molecule has 2 aromatic carbocycles. The number of hydrogen-bond acceptors (Lipinski definition) is 5. The number of piperazine rings is 1. The SMILES string of the molecule is C=CCC(O)C(CCN1CCN(C2COc3ccccc3O2)CC1)c1ccccc1. The van der Waals surface area contributed by atoms with Crippen LogP contribution in [0, 0.1) is 0 Å². The Morgan fingerprint density at radius 1 is 1.00 bits per heavy atom. The maximum Gasteiger partial charge on any atom is 0.187 e. The van der Waals surface area contributed by atoms with Crippen LogP contribution in [-0.4, -0.2) is 66.6 Å². The van der Waals surface area contributed by atoms with E-state index in [0.717, 1.165) is 50.6 Å². The zero-order valence-corrected chi connectivity index (χ0v) is 17.5. The summed E-state index contributed by atoms with van der Waals surface area (Å²) in [6.07, 6.45) is 2.96. The van der Waals surface area contributed by atoms with Gasteiger partial charge in [0.1, 0.15) is 6.61 Å². The van der Waals surface area contributed by atoms with E-state index >= 15 is 0 Å². The molecule has 2 aliphatic heterocycles. The lowest BCUT2D eigenvalue weighted by Gasteiger charge is -2.40. The van der Waals surface area contributed by atoms with Crippen LogP contribution in [-0.2, 0) is 0 Å². The Labute approximate surface area is 179 Å². The molecule has 0 spiro atoms. The van der Waals surface area contributed by atoms with Gasteiger partial charge in [-0.15, -0.1) is 6.58 Å². The van der Waals surface area contributed by atoms with Gasteiger partial charge in [-0.05, 0) is 37.1 Å². The van der Waals surface area contributed by atoms with E-state index in [0.29, 0.717) is 13.0 Å². The number of fused-ring (bicyclic) bond motifs is 1. The van der Waals surface area contributed by atoms with Crippen molar-refractivity contribution in [1.29, 1.82) is 0 Å². The third-order valence-electron chi connectivity index (χ3n) is 6.16. The van der Waals surface area contributed by atoms with Crippen molar-refractivity contribution in [3.63, 3.8) is 0 Å². The number of benzene rings is 2. The monoisotopic (exact) mass is 408 g/mol. The van der Waals surface area contributed by atoms with Gasteiger partial charge in [-0.3, -0.25) is 4.90 Å². The summed E-state index contributed by atoms with van der Waals surface area (Å²) < 4.78 is 12.0. The van der Waals surface area contributed by atoms with Crippen LogP contribution in [0.1, 0.15) is 24.3 Å². The number of aliphatic hydroxyl groups excluding tert-OH is 1. The number of ether oxygens (including phenoxy) is 2. The van der Waals surface area contributed by atoms with Crippen LogP contribution in [0.15, 0.2) is 67.3 Å². The largest absolute Gasteiger partial charge is 0.484 e. The average Bonchev–Trinajstić information content (AvgIpc) is 2.80. The molecule has 0 saturated carbocycles. The smallest absolute Gasteiger partial charge is 0.187 e. The predicted molar refractivity (Wildman–Crippen MR) is 119 cm³/mol. The van der Waals surface area contributed by atoms with Gasteiger partial charge in [0.15, 0.2) is 17.7 Å². The van der Waals surface area contributed by atoms with Crippen molar-refractivity contribution < 1.29 is 14.6 Å².